The molecule has 1 aliphatic rings. The van der Waals surface area contributed by atoms with E-state index >= 15 is 0 Å². The maximum Gasteiger partial charge on any atom is 0.342 e. The number of aliphatic hydroxyl groups is 3. The summed E-state index contributed by atoms with van der Waals surface area (Å²) in [6, 6.07) is 9.97. The van der Waals surface area contributed by atoms with Gasteiger partial charge in [-0.1, -0.05) is 24.3 Å². The van der Waals surface area contributed by atoms with Crippen LogP contribution in [0.2, 0.25) is 0 Å². The molecule has 0 spiro atoms. The van der Waals surface area contributed by atoms with Gasteiger partial charge in [-0.2, -0.15) is 0 Å². The molecule has 3 rings (SSSR count). The highest BCUT2D eigenvalue weighted by atomic mass is 32.1. The molecule has 0 unspecified atom stereocenters. The van der Waals surface area contributed by atoms with Gasteiger partial charge in [0, 0.05) is 16.0 Å². The van der Waals surface area contributed by atoms with Crippen LogP contribution in [-0.2, 0) is 9.53 Å². The van der Waals surface area contributed by atoms with Crippen LogP contribution in [0.3, 0.4) is 0 Å². The van der Waals surface area contributed by atoms with E-state index in [-0.39, 0.29) is 12.0 Å². The van der Waals surface area contributed by atoms with Crippen molar-refractivity contribution in [2.45, 2.75) is 24.2 Å². The summed E-state index contributed by atoms with van der Waals surface area (Å²) in [7, 11) is 1.16. The van der Waals surface area contributed by atoms with Crippen LogP contribution in [-0.4, -0.2) is 46.2 Å². The molecule has 1 aliphatic carbocycles. The van der Waals surface area contributed by atoms with Crippen molar-refractivity contribution in [3.05, 3.63) is 52.9 Å². The van der Waals surface area contributed by atoms with Crippen LogP contribution in [0, 0.1) is 0 Å². The lowest BCUT2D eigenvalue weighted by Gasteiger charge is -2.33. The van der Waals surface area contributed by atoms with Gasteiger partial charge >= 0.3 is 5.97 Å². The first-order chi connectivity index (χ1) is 11.4. The molecule has 0 bridgehead atoms. The van der Waals surface area contributed by atoms with Crippen LogP contribution in [0.1, 0.15) is 11.3 Å². The second-order valence-electron chi connectivity index (χ2n) is 5.80. The first kappa shape index (κ1) is 16.9. The van der Waals surface area contributed by atoms with E-state index in [1.807, 2.05) is 30.3 Å². The van der Waals surface area contributed by atoms with Gasteiger partial charge in [-0.15, -0.1) is 11.3 Å². The lowest BCUT2D eigenvalue weighted by Crippen LogP contribution is -2.48. The molecule has 1 heterocycles. The molecule has 24 heavy (non-hydrogen) atoms. The zero-order valence-electron chi connectivity index (χ0n) is 13.0. The van der Waals surface area contributed by atoms with Crippen LogP contribution >= 0.6 is 11.3 Å². The molecule has 3 N–H and O–H groups in total. The molecule has 0 saturated heterocycles. The monoisotopic (exact) mass is 346 g/mol. The van der Waals surface area contributed by atoms with E-state index in [9.17, 15) is 20.1 Å². The van der Waals surface area contributed by atoms with Crippen LogP contribution in [0.15, 0.2) is 48.1 Å². The average Bonchev–Trinajstić information content (AvgIpc) is 2.99. The Balaban J connectivity index is 1.92. The largest absolute Gasteiger partial charge is 0.467 e. The van der Waals surface area contributed by atoms with Gasteiger partial charge in [-0.25, -0.2) is 4.79 Å². The summed E-state index contributed by atoms with van der Waals surface area (Å²) in [5, 5.41) is 31.5. The fourth-order valence-electron chi connectivity index (χ4n) is 2.80. The van der Waals surface area contributed by atoms with Crippen LogP contribution in [0.5, 0.6) is 0 Å². The van der Waals surface area contributed by atoms with E-state index in [4.69, 9.17) is 0 Å². The van der Waals surface area contributed by atoms with Crippen LogP contribution in [0.25, 0.3) is 16.2 Å². The first-order valence-electron chi connectivity index (χ1n) is 7.49. The second-order valence-corrected chi connectivity index (χ2v) is 6.91. The number of hydrogen-bond donors (Lipinski definition) is 3. The Labute approximate surface area is 143 Å². The Morgan fingerprint density at radius 1 is 1.33 bits per heavy atom. The SMILES string of the molecule is COC(=O)[C@]1(O)C=C(/C=C/c2cc3ccccc3s2)[C@@H](O)[C@H](O)C1. The highest BCUT2D eigenvalue weighted by molar-refractivity contribution is 7.19. The minimum atomic E-state index is -1.94. The molecule has 1 aromatic carbocycles. The van der Waals surface area contributed by atoms with Crippen molar-refractivity contribution in [1.29, 1.82) is 0 Å². The van der Waals surface area contributed by atoms with Crippen molar-refractivity contribution in [2.75, 3.05) is 7.11 Å². The number of hydrogen-bond acceptors (Lipinski definition) is 6. The van der Waals surface area contributed by atoms with Crippen LogP contribution in [0.4, 0.5) is 0 Å². The van der Waals surface area contributed by atoms with E-state index in [2.05, 4.69) is 4.74 Å². The van der Waals surface area contributed by atoms with Gasteiger partial charge in [0.25, 0.3) is 0 Å². The molecule has 5 nitrogen and oxygen atoms in total. The highest BCUT2D eigenvalue weighted by Gasteiger charge is 2.43. The third kappa shape index (κ3) is 3.14. The average molecular weight is 346 g/mol. The van der Waals surface area contributed by atoms with Crippen molar-refractivity contribution in [3.8, 4) is 0 Å². The van der Waals surface area contributed by atoms with Gasteiger partial charge in [0.05, 0.1) is 13.2 Å². The number of fused-ring (bicyclic) bond motifs is 1. The molecule has 0 amide bonds. The number of benzene rings is 1. The zero-order valence-corrected chi connectivity index (χ0v) is 13.9. The van der Waals surface area contributed by atoms with Gasteiger partial charge in [-0.3, -0.25) is 0 Å². The van der Waals surface area contributed by atoms with Crippen molar-refractivity contribution < 1.29 is 24.9 Å². The molecule has 0 fully saturated rings. The molecular weight excluding hydrogens is 328 g/mol. The number of carbonyl (C=O) groups excluding carboxylic acids is 1. The minimum Gasteiger partial charge on any atom is -0.467 e. The molecule has 126 valence electrons. The van der Waals surface area contributed by atoms with E-state index in [0.29, 0.717) is 0 Å². The Morgan fingerprint density at radius 3 is 2.79 bits per heavy atom. The Hall–Kier alpha value is -1.99. The summed E-state index contributed by atoms with van der Waals surface area (Å²) in [6.45, 7) is 0. The molecule has 6 heteroatoms. The lowest BCUT2D eigenvalue weighted by molar-refractivity contribution is -0.162. The van der Waals surface area contributed by atoms with Gasteiger partial charge < -0.3 is 20.1 Å². The molecular formula is C18H18O5S. The van der Waals surface area contributed by atoms with E-state index in [1.165, 1.54) is 6.08 Å². The van der Waals surface area contributed by atoms with Crippen LogP contribution < -0.4 is 0 Å². The standard InChI is InChI=1S/C18H18O5S/c1-23-17(21)18(22)9-12(16(20)14(19)10-18)6-7-13-8-11-4-2-3-5-15(11)24-13/h2-9,14,16,19-20,22H,10H2,1H3/b7-6+/t14-,16-,18+/m1/s1. The summed E-state index contributed by atoms with van der Waals surface area (Å²) in [5.41, 5.74) is -1.66. The van der Waals surface area contributed by atoms with E-state index in [0.717, 1.165) is 22.1 Å². The smallest absolute Gasteiger partial charge is 0.342 e. The number of esters is 1. The number of aliphatic hydroxyl groups excluding tert-OH is 2. The molecule has 0 saturated carbocycles. The van der Waals surface area contributed by atoms with Gasteiger partial charge in [0.2, 0.25) is 0 Å². The number of rotatable bonds is 3. The van der Waals surface area contributed by atoms with Crippen molar-refractivity contribution >= 4 is 33.5 Å². The second kappa shape index (κ2) is 6.49. The lowest BCUT2D eigenvalue weighted by atomic mass is 9.82. The fraction of sp³-hybridized carbons (Fsp3) is 0.278. The summed E-state index contributed by atoms with van der Waals surface area (Å²) < 4.78 is 5.72. The Morgan fingerprint density at radius 2 is 2.08 bits per heavy atom. The van der Waals surface area contributed by atoms with Crippen molar-refractivity contribution in [2.24, 2.45) is 0 Å². The summed E-state index contributed by atoms with van der Waals surface area (Å²) >= 11 is 1.59. The summed E-state index contributed by atoms with van der Waals surface area (Å²) in [4.78, 5) is 12.7. The van der Waals surface area contributed by atoms with Gasteiger partial charge in [0.1, 0.15) is 6.10 Å². The highest BCUT2D eigenvalue weighted by Crippen LogP contribution is 2.31. The molecule has 1 aromatic heterocycles. The normalized spacial score (nSPS) is 27.4. The maximum atomic E-state index is 11.7. The van der Waals surface area contributed by atoms with E-state index < -0.39 is 23.8 Å². The molecule has 0 radical (unpaired) electrons. The third-order valence-electron chi connectivity index (χ3n) is 4.06. The number of ether oxygens (including phenoxy) is 1. The summed E-state index contributed by atoms with van der Waals surface area (Å²) in [6.07, 6.45) is 1.92. The zero-order chi connectivity index (χ0) is 17.3. The molecule has 3 atom stereocenters. The predicted molar refractivity (Wildman–Crippen MR) is 92.5 cm³/mol. The number of methoxy groups -OCH3 is 1. The maximum absolute atomic E-state index is 11.7. The quantitative estimate of drug-likeness (QED) is 0.739. The third-order valence-corrected chi connectivity index (χ3v) is 5.14. The number of carbonyl (C=O) groups is 1. The number of thiophene rings is 1. The van der Waals surface area contributed by atoms with Gasteiger partial charge in [-0.05, 0) is 35.2 Å². The van der Waals surface area contributed by atoms with Crippen molar-refractivity contribution in [1.82, 2.24) is 0 Å². The van der Waals surface area contributed by atoms with Crippen molar-refractivity contribution in [3.63, 3.8) is 0 Å². The van der Waals surface area contributed by atoms with Gasteiger partial charge in [0.15, 0.2) is 5.60 Å². The topological polar surface area (TPSA) is 87.0 Å². The summed E-state index contributed by atoms with van der Waals surface area (Å²) in [5.74, 6) is -0.860. The minimum absolute atomic E-state index is 0.277. The Bertz CT molecular complexity index is 789. The Kier molecular flexibility index (Phi) is 4.56. The molecule has 2 aromatic rings. The molecule has 0 aliphatic heterocycles. The first-order valence-corrected chi connectivity index (χ1v) is 8.31. The predicted octanol–water partition coefficient (Wildman–Crippen LogP) is 1.87. The fourth-order valence-corrected chi connectivity index (χ4v) is 3.77. The van der Waals surface area contributed by atoms with E-state index in [1.54, 1.807) is 23.5 Å².